The van der Waals surface area contributed by atoms with Crippen LogP contribution in [0.15, 0.2) is 27.6 Å². The molecule has 0 spiro atoms. The Hall–Kier alpha value is 0.150. The molecule has 0 amide bonds. The molecule has 4 nitrogen and oxygen atoms in total. The van der Waals surface area contributed by atoms with Gasteiger partial charge < -0.3 is 5.73 Å². The molecule has 0 aromatic heterocycles. The van der Waals surface area contributed by atoms with Crippen molar-refractivity contribution < 1.29 is 8.42 Å². The molecule has 1 fully saturated rings. The third-order valence-corrected chi connectivity index (χ3v) is 6.62. The van der Waals surface area contributed by atoms with E-state index in [2.05, 4.69) is 15.9 Å². The van der Waals surface area contributed by atoms with E-state index in [1.165, 1.54) is 10.4 Å². The smallest absolute Gasteiger partial charge is 0.243 e. The van der Waals surface area contributed by atoms with Crippen LogP contribution in [-0.4, -0.2) is 32.4 Å². The lowest BCUT2D eigenvalue weighted by molar-refractivity contribution is 0.349. The third-order valence-electron chi connectivity index (χ3n) is 3.54. The number of sulfonamides is 1. The number of nitrogens with zero attached hydrogens (tertiary/aromatic N) is 1. The molecule has 1 aliphatic heterocycles. The molecule has 2 rings (SSSR count). The highest BCUT2D eigenvalue weighted by atomic mass is 79.9. The molecular formula is C12H17BrCl2N2O2S. The van der Waals surface area contributed by atoms with Crippen molar-refractivity contribution in [2.24, 2.45) is 11.1 Å². The normalized spacial score (nSPS) is 23.6. The van der Waals surface area contributed by atoms with Crippen molar-refractivity contribution in [1.29, 1.82) is 0 Å². The number of halogens is 3. The Bertz CT molecular complexity index is 597. The minimum atomic E-state index is -3.49. The van der Waals surface area contributed by atoms with Crippen LogP contribution in [0.25, 0.3) is 0 Å². The molecule has 1 aromatic rings. The lowest BCUT2D eigenvalue weighted by Crippen LogP contribution is -2.34. The molecule has 0 saturated carbocycles. The number of hydrogen-bond donors (Lipinski definition) is 1. The number of hydrogen-bond acceptors (Lipinski definition) is 3. The Morgan fingerprint density at radius 1 is 1.50 bits per heavy atom. The van der Waals surface area contributed by atoms with Gasteiger partial charge in [0.15, 0.2) is 0 Å². The minimum absolute atomic E-state index is 0. The number of nitrogens with two attached hydrogens (primary N) is 1. The quantitative estimate of drug-likeness (QED) is 0.843. The first kappa shape index (κ1) is 18.2. The first-order valence-corrected chi connectivity index (χ1v) is 8.55. The summed E-state index contributed by atoms with van der Waals surface area (Å²) in [5.74, 6) is 0. The Balaban J connectivity index is 0.00000200. The Labute approximate surface area is 139 Å². The average molecular weight is 404 g/mol. The predicted molar refractivity (Wildman–Crippen MR) is 86.9 cm³/mol. The number of benzene rings is 1. The zero-order valence-electron chi connectivity index (χ0n) is 11.0. The van der Waals surface area contributed by atoms with Gasteiger partial charge in [-0.2, -0.15) is 4.31 Å². The van der Waals surface area contributed by atoms with Crippen LogP contribution in [-0.2, 0) is 10.0 Å². The zero-order valence-corrected chi connectivity index (χ0v) is 14.9. The van der Waals surface area contributed by atoms with Gasteiger partial charge in [-0.3, -0.25) is 0 Å². The molecular weight excluding hydrogens is 387 g/mol. The van der Waals surface area contributed by atoms with Crippen molar-refractivity contribution in [2.75, 3.05) is 19.6 Å². The highest BCUT2D eigenvalue weighted by Crippen LogP contribution is 2.34. The Morgan fingerprint density at radius 3 is 2.65 bits per heavy atom. The van der Waals surface area contributed by atoms with Crippen molar-refractivity contribution in [2.45, 2.75) is 18.2 Å². The first-order valence-electron chi connectivity index (χ1n) is 5.94. The van der Waals surface area contributed by atoms with Crippen LogP contribution in [0.4, 0.5) is 0 Å². The second kappa shape index (κ2) is 6.50. The second-order valence-electron chi connectivity index (χ2n) is 5.18. The lowest BCUT2D eigenvalue weighted by Gasteiger charge is -2.22. The van der Waals surface area contributed by atoms with Crippen LogP contribution in [0.5, 0.6) is 0 Å². The van der Waals surface area contributed by atoms with Gasteiger partial charge in [0, 0.05) is 17.6 Å². The Kier molecular flexibility index (Phi) is 5.92. The Morgan fingerprint density at radius 2 is 2.15 bits per heavy atom. The molecule has 114 valence electrons. The summed E-state index contributed by atoms with van der Waals surface area (Å²) in [7, 11) is -3.49. The molecule has 1 atom stereocenters. The van der Waals surface area contributed by atoms with E-state index in [1.807, 2.05) is 6.92 Å². The molecule has 1 heterocycles. The lowest BCUT2D eigenvalue weighted by atomic mass is 9.90. The first-order chi connectivity index (χ1) is 8.78. The van der Waals surface area contributed by atoms with Crippen molar-refractivity contribution in [3.8, 4) is 0 Å². The third kappa shape index (κ3) is 3.48. The molecule has 0 bridgehead atoms. The summed E-state index contributed by atoms with van der Waals surface area (Å²) < 4.78 is 27.2. The highest BCUT2D eigenvalue weighted by molar-refractivity contribution is 9.10. The van der Waals surface area contributed by atoms with Crippen LogP contribution in [0.2, 0.25) is 5.02 Å². The highest BCUT2D eigenvalue weighted by Gasteiger charge is 2.39. The van der Waals surface area contributed by atoms with Gasteiger partial charge in [-0.25, -0.2) is 8.42 Å². The van der Waals surface area contributed by atoms with Gasteiger partial charge in [-0.15, -0.1) is 12.4 Å². The molecule has 0 aliphatic carbocycles. The van der Waals surface area contributed by atoms with E-state index in [0.717, 1.165) is 6.42 Å². The fraction of sp³-hybridized carbons (Fsp3) is 0.500. The van der Waals surface area contributed by atoms with Gasteiger partial charge in [-0.05, 0) is 52.5 Å². The topological polar surface area (TPSA) is 63.4 Å². The fourth-order valence-corrected chi connectivity index (χ4v) is 4.25. The van der Waals surface area contributed by atoms with E-state index in [0.29, 0.717) is 29.1 Å². The van der Waals surface area contributed by atoms with E-state index < -0.39 is 10.0 Å². The minimum Gasteiger partial charge on any atom is -0.330 e. The van der Waals surface area contributed by atoms with Crippen molar-refractivity contribution in [1.82, 2.24) is 4.31 Å². The van der Waals surface area contributed by atoms with E-state index in [1.54, 1.807) is 12.1 Å². The molecule has 1 unspecified atom stereocenters. The maximum atomic E-state index is 12.5. The average Bonchev–Trinajstić information content (AvgIpc) is 2.77. The zero-order chi connectivity index (χ0) is 14.3. The van der Waals surface area contributed by atoms with Gasteiger partial charge in [0.25, 0.3) is 0 Å². The van der Waals surface area contributed by atoms with E-state index in [4.69, 9.17) is 17.3 Å². The van der Waals surface area contributed by atoms with Crippen LogP contribution < -0.4 is 5.73 Å². The summed E-state index contributed by atoms with van der Waals surface area (Å²) in [5, 5.41) is 0.391. The van der Waals surface area contributed by atoms with Crippen LogP contribution in [0, 0.1) is 5.41 Å². The van der Waals surface area contributed by atoms with Crippen molar-refractivity contribution >= 4 is 50.0 Å². The molecule has 1 aromatic carbocycles. The molecule has 20 heavy (non-hydrogen) atoms. The molecule has 0 radical (unpaired) electrons. The molecule has 1 aliphatic rings. The largest absolute Gasteiger partial charge is 0.330 e. The summed E-state index contributed by atoms with van der Waals surface area (Å²) in [4.78, 5) is 0.224. The molecule has 2 N–H and O–H groups in total. The van der Waals surface area contributed by atoms with E-state index in [-0.39, 0.29) is 22.7 Å². The van der Waals surface area contributed by atoms with Gasteiger partial charge in [-0.1, -0.05) is 18.5 Å². The van der Waals surface area contributed by atoms with Gasteiger partial charge in [0.05, 0.1) is 9.92 Å². The number of rotatable bonds is 3. The molecule has 1 saturated heterocycles. The summed E-state index contributed by atoms with van der Waals surface area (Å²) in [6.45, 7) is 3.46. The van der Waals surface area contributed by atoms with Crippen molar-refractivity contribution in [3.05, 3.63) is 27.7 Å². The van der Waals surface area contributed by atoms with E-state index >= 15 is 0 Å². The van der Waals surface area contributed by atoms with Crippen LogP contribution >= 0.6 is 39.9 Å². The summed E-state index contributed by atoms with van der Waals surface area (Å²) >= 11 is 9.21. The van der Waals surface area contributed by atoms with Crippen LogP contribution in [0.1, 0.15) is 13.3 Å². The summed E-state index contributed by atoms with van der Waals surface area (Å²) in [6, 6.07) is 4.68. The van der Waals surface area contributed by atoms with Crippen molar-refractivity contribution in [3.63, 3.8) is 0 Å². The maximum absolute atomic E-state index is 12.5. The van der Waals surface area contributed by atoms with E-state index in [9.17, 15) is 8.42 Å². The van der Waals surface area contributed by atoms with Gasteiger partial charge in [0.1, 0.15) is 0 Å². The fourth-order valence-electron chi connectivity index (χ4n) is 2.14. The van der Waals surface area contributed by atoms with Crippen LogP contribution in [0.3, 0.4) is 0 Å². The predicted octanol–water partition coefficient (Wildman–Crippen LogP) is 2.88. The standard InChI is InChI=1S/C12H16BrClN2O2S.ClH/c1-12(7-15)4-5-16(8-12)19(17,18)9-2-3-10(13)11(14)6-9;/h2-3,6H,4-5,7-8,15H2,1H3;1H. The van der Waals surface area contributed by atoms with Gasteiger partial charge >= 0.3 is 0 Å². The monoisotopic (exact) mass is 402 g/mol. The molecule has 8 heteroatoms. The van der Waals surface area contributed by atoms with Gasteiger partial charge in [0.2, 0.25) is 10.0 Å². The summed E-state index contributed by atoms with van der Waals surface area (Å²) in [5.41, 5.74) is 5.57. The summed E-state index contributed by atoms with van der Waals surface area (Å²) in [6.07, 6.45) is 0.785. The SMILES string of the molecule is CC1(CN)CCN(S(=O)(=O)c2ccc(Br)c(Cl)c2)C1.Cl. The second-order valence-corrected chi connectivity index (χ2v) is 8.38. The maximum Gasteiger partial charge on any atom is 0.243 e.